The molecule has 1 amide bonds. The molecule has 2 aromatic rings. The lowest BCUT2D eigenvalue weighted by Gasteiger charge is -2.35. The fourth-order valence-corrected chi connectivity index (χ4v) is 5.83. The minimum absolute atomic E-state index is 0.101. The molecule has 0 spiro atoms. The summed E-state index contributed by atoms with van der Waals surface area (Å²) in [6, 6.07) is 11.2. The van der Waals surface area contributed by atoms with Gasteiger partial charge in [-0.25, -0.2) is 8.42 Å². The molecule has 0 saturated carbocycles. The summed E-state index contributed by atoms with van der Waals surface area (Å²) in [5.74, 6) is -0.101. The van der Waals surface area contributed by atoms with Crippen molar-refractivity contribution >= 4 is 38.6 Å². The minimum atomic E-state index is -3.40. The van der Waals surface area contributed by atoms with Crippen molar-refractivity contribution in [3.05, 3.63) is 41.3 Å². The zero-order valence-corrected chi connectivity index (χ0v) is 16.6. The summed E-state index contributed by atoms with van der Waals surface area (Å²) < 4.78 is 27.6. The maximum atomic E-state index is 12.8. The van der Waals surface area contributed by atoms with E-state index in [0.29, 0.717) is 30.4 Å². The number of hydrogen-bond donors (Lipinski definition) is 1. The Kier molecular flexibility index (Phi) is 5.64. The number of nitrogens with one attached hydrogen (secondary N) is 1. The lowest BCUT2D eigenvalue weighted by Crippen LogP contribution is -2.48. The van der Waals surface area contributed by atoms with Gasteiger partial charge in [-0.15, -0.1) is 11.3 Å². The molecule has 3 rings (SSSR count). The molecule has 6 nitrogen and oxygen atoms in total. The standard InChI is InChI=1S/C18H23N3O3S2/c1-3-17-8-9-18(25-17)26(23,24)21-12-10-20(11-13-21)16-6-4-15(5-7-16)19-14(2)22/h4-9H,3,10-13H2,1-2H3,(H,19,22). The summed E-state index contributed by atoms with van der Waals surface area (Å²) in [5, 5.41) is 2.74. The number of piperazine rings is 1. The Balaban J connectivity index is 1.64. The zero-order chi connectivity index (χ0) is 18.7. The van der Waals surface area contributed by atoms with Crippen LogP contribution in [0.5, 0.6) is 0 Å². The first-order valence-corrected chi connectivity index (χ1v) is 10.9. The number of hydrogen-bond acceptors (Lipinski definition) is 5. The fourth-order valence-electron chi connectivity index (χ4n) is 2.96. The molecular weight excluding hydrogens is 370 g/mol. The van der Waals surface area contributed by atoms with Crippen LogP contribution in [0.25, 0.3) is 0 Å². The molecule has 1 aromatic heterocycles. The van der Waals surface area contributed by atoms with E-state index < -0.39 is 10.0 Å². The molecule has 140 valence electrons. The Labute approximate surface area is 158 Å². The van der Waals surface area contributed by atoms with Gasteiger partial charge in [-0.3, -0.25) is 4.79 Å². The van der Waals surface area contributed by atoms with Gasteiger partial charge in [-0.05, 0) is 42.8 Å². The van der Waals surface area contributed by atoms with Crippen molar-refractivity contribution in [3.8, 4) is 0 Å². The average molecular weight is 394 g/mol. The van der Waals surface area contributed by atoms with Crippen LogP contribution in [-0.2, 0) is 21.2 Å². The number of thiophene rings is 1. The maximum Gasteiger partial charge on any atom is 0.252 e. The fraction of sp³-hybridized carbons (Fsp3) is 0.389. The number of anilines is 2. The summed E-state index contributed by atoms with van der Waals surface area (Å²) >= 11 is 1.36. The van der Waals surface area contributed by atoms with Crippen LogP contribution in [0.1, 0.15) is 18.7 Å². The Morgan fingerprint density at radius 3 is 2.27 bits per heavy atom. The van der Waals surface area contributed by atoms with E-state index in [0.717, 1.165) is 22.7 Å². The number of carbonyl (C=O) groups excluding carboxylic acids is 1. The van der Waals surface area contributed by atoms with Crippen molar-refractivity contribution in [2.24, 2.45) is 0 Å². The first kappa shape index (κ1) is 18.9. The van der Waals surface area contributed by atoms with Gasteiger partial charge in [0.2, 0.25) is 5.91 Å². The van der Waals surface area contributed by atoms with Gasteiger partial charge in [0.15, 0.2) is 0 Å². The van der Waals surface area contributed by atoms with Gasteiger partial charge in [-0.2, -0.15) is 4.31 Å². The van der Waals surface area contributed by atoms with E-state index in [4.69, 9.17) is 0 Å². The first-order valence-electron chi connectivity index (χ1n) is 8.61. The van der Waals surface area contributed by atoms with Gasteiger partial charge in [0.1, 0.15) is 4.21 Å². The van der Waals surface area contributed by atoms with Crippen molar-refractivity contribution in [2.75, 3.05) is 36.4 Å². The van der Waals surface area contributed by atoms with Crippen LogP contribution in [0.15, 0.2) is 40.6 Å². The van der Waals surface area contributed by atoms with Gasteiger partial charge in [-0.1, -0.05) is 6.92 Å². The molecule has 26 heavy (non-hydrogen) atoms. The molecule has 1 fully saturated rings. The predicted molar refractivity (Wildman–Crippen MR) is 105 cm³/mol. The average Bonchev–Trinajstić information content (AvgIpc) is 3.12. The largest absolute Gasteiger partial charge is 0.369 e. The third-order valence-electron chi connectivity index (χ3n) is 4.37. The second-order valence-corrected chi connectivity index (χ2v) is 9.53. The van der Waals surface area contributed by atoms with Gasteiger partial charge in [0, 0.05) is 49.4 Å². The Morgan fingerprint density at radius 1 is 1.08 bits per heavy atom. The van der Waals surface area contributed by atoms with Gasteiger partial charge in [0.05, 0.1) is 0 Å². The molecular formula is C18H23N3O3S2. The highest BCUT2D eigenvalue weighted by Gasteiger charge is 2.29. The Bertz CT molecular complexity index is 867. The smallest absolute Gasteiger partial charge is 0.252 e. The minimum Gasteiger partial charge on any atom is -0.369 e. The van der Waals surface area contributed by atoms with E-state index in [1.54, 1.807) is 10.4 Å². The Hall–Kier alpha value is -1.90. The number of rotatable bonds is 5. The molecule has 0 unspecified atom stereocenters. The van der Waals surface area contributed by atoms with Crippen molar-refractivity contribution in [3.63, 3.8) is 0 Å². The Morgan fingerprint density at radius 2 is 1.73 bits per heavy atom. The van der Waals surface area contributed by atoms with Crippen molar-refractivity contribution in [1.82, 2.24) is 4.31 Å². The molecule has 0 aliphatic carbocycles. The van der Waals surface area contributed by atoms with Crippen LogP contribution in [0, 0.1) is 0 Å². The zero-order valence-electron chi connectivity index (χ0n) is 14.9. The highest BCUT2D eigenvalue weighted by molar-refractivity contribution is 7.91. The second-order valence-electron chi connectivity index (χ2n) is 6.19. The van der Waals surface area contributed by atoms with E-state index in [1.165, 1.54) is 18.3 Å². The van der Waals surface area contributed by atoms with Crippen LogP contribution >= 0.6 is 11.3 Å². The number of nitrogens with zero attached hydrogens (tertiary/aromatic N) is 2. The number of benzene rings is 1. The molecule has 0 atom stereocenters. The molecule has 0 radical (unpaired) electrons. The van der Waals surface area contributed by atoms with Crippen LogP contribution < -0.4 is 10.2 Å². The molecule has 1 aliphatic heterocycles. The molecule has 2 heterocycles. The van der Waals surface area contributed by atoms with E-state index in [2.05, 4.69) is 10.2 Å². The van der Waals surface area contributed by atoms with E-state index >= 15 is 0 Å². The summed E-state index contributed by atoms with van der Waals surface area (Å²) in [6.45, 7) is 5.72. The normalized spacial score (nSPS) is 15.8. The molecule has 1 saturated heterocycles. The monoisotopic (exact) mass is 393 g/mol. The third kappa shape index (κ3) is 4.08. The van der Waals surface area contributed by atoms with Gasteiger partial charge < -0.3 is 10.2 Å². The predicted octanol–water partition coefficient (Wildman–Crippen LogP) is 2.78. The molecule has 0 bridgehead atoms. The summed E-state index contributed by atoms with van der Waals surface area (Å²) in [7, 11) is -3.40. The van der Waals surface area contributed by atoms with Gasteiger partial charge >= 0.3 is 0 Å². The lowest BCUT2D eigenvalue weighted by atomic mass is 10.2. The number of carbonyl (C=O) groups is 1. The summed E-state index contributed by atoms with van der Waals surface area (Å²) in [6.07, 6.45) is 0.850. The van der Waals surface area contributed by atoms with E-state index in [1.807, 2.05) is 37.3 Å². The number of amides is 1. The highest BCUT2D eigenvalue weighted by Crippen LogP contribution is 2.27. The van der Waals surface area contributed by atoms with Crippen LogP contribution in [-0.4, -0.2) is 44.8 Å². The lowest BCUT2D eigenvalue weighted by molar-refractivity contribution is -0.114. The van der Waals surface area contributed by atoms with Crippen molar-refractivity contribution < 1.29 is 13.2 Å². The van der Waals surface area contributed by atoms with Crippen molar-refractivity contribution in [1.29, 1.82) is 0 Å². The van der Waals surface area contributed by atoms with Crippen LogP contribution in [0.3, 0.4) is 0 Å². The first-order chi connectivity index (χ1) is 12.4. The molecule has 8 heteroatoms. The van der Waals surface area contributed by atoms with E-state index in [9.17, 15) is 13.2 Å². The summed E-state index contributed by atoms with van der Waals surface area (Å²) in [4.78, 5) is 14.3. The molecule has 1 aromatic carbocycles. The third-order valence-corrected chi connectivity index (χ3v) is 7.97. The van der Waals surface area contributed by atoms with Crippen LogP contribution in [0.2, 0.25) is 0 Å². The van der Waals surface area contributed by atoms with E-state index in [-0.39, 0.29) is 5.91 Å². The topological polar surface area (TPSA) is 69.7 Å². The van der Waals surface area contributed by atoms with Crippen LogP contribution in [0.4, 0.5) is 11.4 Å². The quantitative estimate of drug-likeness (QED) is 0.848. The number of sulfonamides is 1. The molecule has 1 N–H and O–H groups in total. The SMILES string of the molecule is CCc1ccc(S(=O)(=O)N2CCN(c3ccc(NC(C)=O)cc3)CC2)s1. The number of aryl methyl sites for hydroxylation is 1. The highest BCUT2D eigenvalue weighted by atomic mass is 32.2. The van der Waals surface area contributed by atoms with Crippen molar-refractivity contribution in [2.45, 2.75) is 24.5 Å². The molecule has 1 aliphatic rings. The summed E-state index contributed by atoms with van der Waals surface area (Å²) in [5.41, 5.74) is 1.78. The van der Waals surface area contributed by atoms with Gasteiger partial charge in [0.25, 0.3) is 10.0 Å². The maximum absolute atomic E-state index is 12.8. The second kappa shape index (κ2) is 7.77.